The molecule has 0 spiro atoms. The quantitative estimate of drug-likeness (QED) is 0.789. The van der Waals surface area contributed by atoms with Gasteiger partial charge in [0, 0.05) is 11.6 Å². The maximum atomic E-state index is 11.9. The molecule has 0 aliphatic carbocycles. The number of amides is 1. The van der Waals surface area contributed by atoms with E-state index in [1.165, 1.54) is 4.80 Å². The van der Waals surface area contributed by atoms with Gasteiger partial charge in [-0.05, 0) is 24.3 Å². The maximum absolute atomic E-state index is 11.9. The molecular weight excluding hydrogens is 308 g/mol. The Kier molecular flexibility index (Phi) is 3.84. The fourth-order valence-corrected chi connectivity index (χ4v) is 2.02. The van der Waals surface area contributed by atoms with Gasteiger partial charge in [-0.3, -0.25) is 4.79 Å². The van der Waals surface area contributed by atoms with Crippen LogP contribution < -0.4 is 5.32 Å². The Morgan fingerprint density at radius 1 is 1.41 bits per heavy atom. The number of anilines is 1. The molecular formula is C13H11ClN6O2. The van der Waals surface area contributed by atoms with E-state index in [0.29, 0.717) is 28.0 Å². The predicted molar refractivity (Wildman–Crippen MR) is 78.1 cm³/mol. The number of tetrazole rings is 1. The number of aryl methyl sites for hydroxylation is 1. The summed E-state index contributed by atoms with van der Waals surface area (Å²) in [5.74, 6) is 0.969. The second-order valence-electron chi connectivity index (χ2n) is 4.49. The first kappa shape index (κ1) is 14.2. The summed E-state index contributed by atoms with van der Waals surface area (Å²) in [5, 5.41) is 18.6. The van der Waals surface area contributed by atoms with Gasteiger partial charge in [-0.1, -0.05) is 28.9 Å². The molecule has 8 nitrogen and oxygen atoms in total. The molecule has 0 aliphatic rings. The third-order valence-corrected chi connectivity index (χ3v) is 3.08. The number of carbonyl (C=O) groups is 1. The molecule has 0 aliphatic heterocycles. The van der Waals surface area contributed by atoms with E-state index in [9.17, 15) is 4.79 Å². The van der Waals surface area contributed by atoms with Crippen LogP contribution in [-0.4, -0.2) is 31.3 Å². The fourth-order valence-electron chi connectivity index (χ4n) is 1.80. The monoisotopic (exact) mass is 318 g/mol. The van der Waals surface area contributed by atoms with Crippen molar-refractivity contribution in [2.45, 2.75) is 13.5 Å². The Hall–Kier alpha value is -2.74. The van der Waals surface area contributed by atoms with Crippen LogP contribution in [0, 0.1) is 6.92 Å². The van der Waals surface area contributed by atoms with Crippen molar-refractivity contribution >= 4 is 23.3 Å². The van der Waals surface area contributed by atoms with E-state index in [0.717, 1.165) is 0 Å². The zero-order valence-electron chi connectivity index (χ0n) is 11.5. The summed E-state index contributed by atoms with van der Waals surface area (Å²) in [7, 11) is 0. The Bertz CT molecular complexity index is 812. The highest BCUT2D eigenvalue weighted by Gasteiger charge is 2.12. The first-order chi connectivity index (χ1) is 10.6. The predicted octanol–water partition coefficient (Wildman–Crippen LogP) is 1.93. The van der Waals surface area contributed by atoms with Crippen molar-refractivity contribution in [2.75, 3.05) is 5.32 Å². The molecule has 1 N–H and O–H groups in total. The molecule has 2 heterocycles. The first-order valence-electron chi connectivity index (χ1n) is 6.38. The molecule has 1 aromatic carbocycles. The van der Waals surface area contributed by atoms with Gasteiger partial charge in [0.25, 0.3) is 0 Å². The van der Waals surface area contributed by atoms with Gasteiger partial charge in [0.05, 0.1) is 5.02 Å². The van der Waals surface area contributed by atoms with Crippen LogP contribution in [0.25, 0.3) is 11.4 Å². The van der Waals surface area contributed by atoms with E-state index < -0.39 is 0 Å². The maximum Gasteiger partial charge on any atom is 0.249 e. The lowest BCUT2D eigenvalue weighted by Gasteiger charge is -1.99. The van der Waals surface area contributed by atoms with E-state index in [2.05, 4.69) is 25.9 Å². The van der Waals surface area contributed by atoms with Crippen molar-refractivity contribution in [1.82, 2.24) is 25.4 Å². The lowest BCUT2D eigenvalue weighted by molar-refractivity contribution is -0.117. The van der Waals surface area contributed by atoms with Crippen LogP contribution in [0.2, 0.25) is 5.02 Å². The molecule has 3 rings (SSSR count). The number of nitrogens with one attached hydrogen (secondary N) is 1. The Balaban J connectivity index is 1.69. The summed E-state index contributed by atoms with van der Waals surface area (Å²) < 4.78 is 4.86. The second kappa shape index (κ2) is 5.94. The van der Waals surface area contributed by atoms with Gasteiger partial charge >= 0.3 is 0 Å². The number of hydrogen-bond donors (Lipinski definition) is 1. The Morgan fingerprint density at radius 3 is 2.95 bits per heavy atom. The highest BCUT2D eigenvalue weighted by molar-refractivity contribution is 6.33. The van der Waals surface area contributed by atoms with Gasteiger partial charge in [-0.25, -0.2) is 0 Å². The van der Waals surface area contributed by atoms with Crippen LogP contribution in [-0.2, 0) is 11.3 Å². The van der Waals surface area contributed by atoms with Gasteiger partial charge in [0.2, 0.25) is 11.7 Å². The number of nitrogens with zero attached hydrogens (tertiary/aromatic N) is 5. The van der Waals surface area contributed by atoms with Crippen molar-refractivity contribution in [2.24, 2.45) is 0 Å². The first-order valence-corrected chi connectivity index (χ1v) is 6.75. The van der Waals surface area contributed by atoms with Crippen LogP contribution in [0.5, 0.6) is 0 Å². The fraction of sp³-hybridized carbons (Fsp3) is 0.154. The van der Waals surface area contributed by atoms with Crippen molar-refractivity contribution in [3.63, 3.8) is 0 Å². The van der Waals surface area contributed by atoms with Crippen LogP contribution in [0.4, 0.5) is 5.82 Å². The van der Waals surface area contributed by atoms with E-state index >= 15 is 0 Å². The number of aromatic nitrogens is 5. The average Bonchev–Trinajstić information content (AvgIpc) is 3.09. The summed E-state index contributed by atoms with van der Waals surface area (Å²) in [6.07, 6.45) is 0. The summed E-state index contributed by atoms with van der Waals surface area (Å²) in [4.78, 5) is 13.0. The highest BCUT2D eigenvalue weighted by atomic mass is 35.5. The number of hydrogen-bond acceptors (Lipinski definition) is 6. The molecule has 112 valence electrons. The number of halogens is 1. The molecule has 9 heteroatoms. The molecule has 0 bridgehead atoms. The van der Waals surface area contributed by atoms with E-state index in [1.807, 2.05) is 12.1 Å². The molecule has 0 radical (unpaired) electrons. The summed E-state index contributed by atoms with van der Waals surface area (Å²) >= 11 is 6.07. The summed E-state index contributed by atoms with van der Waals surface area (Å²) in [5.41, 5.74) is 0.656. The zero-order valence-corrected chi connectivity index (χ0v) is 12.3. The third-order valence-electron chi connectivity index (χ3n) is 2.75. The van der Waals surface area contributed by atoms with Crippen LogP contribution in [0.3, 0.4) is 0 Å². The molecule has 0 unspecified atom stereocenters. The van der Waals surface area contributed by atoms with Gasteiger partial charge in [0.1, 0.15) is 12.3 Å². The average molecular weight is 319 g/mol. The molecule has 1 amide bonds. The van der Waals surface area contributed by atoms with Crippen LogP contribution >= 0.6 is 11.6 Å². The van der Waals surface area contributed by atoms with E-state index in [1.54, 1.807) is 25.1 Å². The van der Waals surface area contributed by atoms with Gasteiger partial charge in [0.15, 0.2) is 5.82 Å². The van der Waals surface area contributed by atoms with Gasteiger partial charge in [-0.2, -0.15) is 4.80 Å². The molecule has 22 heavy (non-hydrogen) atoms. The topological polar surface area (TPSA) is 98.7 Å². The molecule has 0 fully saturated rings. The molecule has 2 aromatic heterocycles. The van der Waals surface area contributed by atoms with Crippen LogP contribution in [0.1, 0.15) is 5.76 Å². The third kappa shape index (κ3) is 3.12. The van der Waals surface area contributed by atoms with Gasteiger partial charge in [-0.15, -0.1) is 10.2 Å². The second-order valence-corrected chi connectivity index (χ2v) is 4.90. The van der Waals surface area contributed by atoms with Crippen molar-refractivity contribution in [1.29, 1.82) is 0 Å². The van der Waals surface area contributed by atoms with Crippen molar-refractivity contribution in [3.05, 3.63) is 41.1 Å². The number of benzene rings is 1. The summed E-state index contributed by atoms with van der Waals surface area (Å²) in [6, 6.07) is 8.76. The molecule has 0 saturated heterocycles. The van der Waals surface area contributed by atoms with Crippen molar-refractivity contribution < 1.29 is 9.32 Å². The minimum atomic E-state index is -0.337. The lowest BCUT2D eigenvalue weighted by atomic mass is 10.2. The largest absolute Gasteiger partial charge is 0.360 e. The van der Waals surface area contributed by atoms with E-state index in [4.69, 9.17) is 16.1 Å². The minimum Gasteiger partial charge on any atom is -0.360 e. The molecule has 0 saturated carbocycles. The smallest absolute Gasteiger partial charge is 0.249 e. The highest BCUT2D eigenvalue weighted by Crippen LogP contribution is 2.23. The molecule has 0 atom stereocenters. The normalized spacial score (nSPS) is 10.6. The standard InChI is InChI=1S/C13H11ClN6O2/c1-8-6-11(18-22-8)15-12(21)7-20-17-13(16-19-20)9-4-2-3-5-10(9)14/h2-6H,7H2,1H3,(H,15,18,21). The SMILES string of the molecule is Cc1cc(NC(=O)Cn2nnc(-c3ccccc3Cl)n2)no1. The Labute approximate surface area is 130 Å². The summed E-state index contributed by atoms with van der Waals surface area (Å²) in [6.45, 7) is 1.64. The number of rotatable bonds is 4. The van der Waals surface area contributed by atoms with Crippen molar-refractivity contribution in [3.8, 4) is 11.4 Å². The molecule has 3 aromatic rings. The lowest BCUT2D eigenvalue weighted by Crippen LogP contribution is -2.20. The number of carbonyl (C=O) groups excluding carboxylic acids is 1. The van der Waals surface area contributed by atoms with E-state index in [-0.39, 0.29) is 12.5 Å². The van der Waals surface area contributed by atoms with Gasteiger partial charge < -0.3 is 9.84 Å². The minimum absolute atomic E-state index is 0.0939. The van der Waals surface area contributed by atoms with Crippen LogP contribution in [0.15, 0.2) is 34.9 Å². The Morgan fingerprint density at radius 2 is 2.23 bits per heavy atom. The zero-order chi connectivity index (χ0) is 15.5.